The number of likely N-dealkylation sites (N-methyl/N-ethyl adjacent to an activating group) is 1. The summed E-state index contributed by atoms with van der Waals surface area (Å²) in [6.45, 7) is 5.46. The maximum absolute atomic E-state index is 6.03. The van der Waals surface area contributed by atoms with Gasteiger partial charge in [-0.05, 0) is 32.5 Å². The van der Waals surface area contributed by atoms with Crippen LogP contribution in [-0.4, -0.2) is 37.2 Å². The van der Waals surface area contributed by atoms with Crippen LogP contribution in [0, 0.1) is 5.92 Å². The number of rotatable bonds is 5. The van der Waals surface area contributed by atoms with E-state index in [-0.39, 0.29) is 5.54 Å². The van der Waals surface area contributed by atoms with Crippen LogP contribution in [0.25, 0.3) is 0 Å². The third kappa shape index (κ3) is 2.89. The van der Waals surface area contributed by atoms with Gasteiger partial charge in [-0.15, -0.1) is 11.3 Å². The van der Waals surface area contributed by atoms with Gasteiger partial charge in [0.25, 0.3) is 0 Å². The lowest BCUT2D eigenvalue weighted by atomic mass is 9.83. The number of thiophene rings is 1. The van der Waals surface area contributed by atoms with Crippen LogP contribution in [0.2, 0.25) is 4.34 Å². The first-order chi connectivity index (χ1) is 8.56. The molecule has 0 saturated carbocycles. The predicted octanol–water partition coefficient (Wildman–Crippen LogP) is 2.59. The molecule has 2 unspecified atom stereocenters. The fraction of sp³-hybridized carbons (Fsp3) is 0.692. The Labute approximate surface area is 118 Å². The zero-order chi connectivity index (χ0) is 13.2. The molecule has 1 aromatic rings. The quantitative estimate of drug-likeness (QED) is 0.905. The van der Waals surface area contributed by atoms with Gasteiger partial charge in [-0.25, -0.2) is 0 Å². The Kier molecular flexibility index (Phi) is 4.67. The van der Waals surface area contributed by atoms with Crippen molar-refractivity contribution in [1.82, 2.24) is 4.90 Å². The molecule has 0 aliphatic carbocycles. The summed E-state index contributed by atoms with van der Waals surface area (Å²) in [6, 6.07) is 4.04. The van der Waals surface area contributed by atoms with Gasteiger partial charge in [0.15, 0.2) is 0 Å². The van der Waals surface area contributed by atoms with Crippen LogP contribution in [0.5, 0.6) is 0 Å². The largest absolute Gasteiger partial charge is 0.381 e. The molecule has 3 nitrogen and oxygen atoms in total. The van der Waals surface area contributed by atoms with Gasteiger partial charge in [-0.3, -0.25) is 4.90 Å². The minimum atomic E-state index is -0.00698. The number of nitrogens with two attached hydrogens (primary N) is 1. The predicted molar refractivity (Wildman–Crippen MR) is 77.2 cm³/mol. The second-order valence-electron chi connectivity index (χ2n) is 5.18. The summed E-state index contributed by atoms with van der Waals surface area (Å²) in [7, 11) is 2.14. The van der Waals surface area contributed by atoms with Gasteiger partial charge in [0.1, 0.15) is 0 Å². The summed E-state index contributed by atoms with van der Waals surface area (Å²) in [5, 5.41) is 0. The van der Waals surface area contributed by atoms with Crippen molar-refractivity contribution >= 4 is 22.9 Å². The Morgan fingerprint density at radius 1 is 1.61 bits per heavy atom. The van der Waals surface area contributed by atoms with Gasteiger partial charge >= 0.3 is 0 Å². The van der Waals surface area contributed by atoms with E-state index in [0.717, 1.165) is 30.5 Å². The van der Waals surface area contributed by atoms with E-state index in [1.807, 2.05) is 6.07 Å². The summed E-state index contributed by atoms with van der Waals surface area (Å²) < 4.78 is 6.35. The van der Waals surface area contributed by atoms with Crippen molar-refractivity contribution in [2.75, 3.05) is 26.8 Å². The monoisotopic (exact) mass is 288 g/mol. The van der Waals surface area contributed by atoms with E-state index in [1.165, 1.54) is 4.88 Å². The first kappa shape index (κ1) is 14.3. The smallest absolute Gasteiger partial charge is 0.0931 e. The molecule has 0 amide bonds. The van der Waals surface area contributed by atoms with Crippen LogP contribution in [-0.2, 0) is 11.3 Å². The van der Waals surface area contributed by atoms with Crippen molar-refractivity contribution < 1.29 is 4.74 Å². The molecule has 1 aliphatic heterocycles. The molecule has 1 saturated heterocycles. The first-order valence-corrected chi connectivity index (χ1v) is 7.49. The molecule has 102 valence electrons. The zero-order valence-electron chi connectivity index (χ0n) is 11.0. The van der Waals surface area contributed by atoms with Crippen LogP contribution < -0.4 is 5.73 Å². The van der Waals surface area contributed by atoms with Gasteiger partial charge in [0, 0.05) is 36.0 Å². The van der Waals surface area contributed by atoms with E-state index >= 15 is 0 Å². The summed E-state index contributed by atoms with van der Waals surface area (Å²) >= 11 is 7.61. The van der Waals surface area contributed by atoms with Crippen LogP contribution >= 0.6 is 22.9 Å². The molecule has 1 aliphatic rings. The lowest BCUT2D eigenvalue weighted by Gasteiger charge is -2.42. The fourth-order valence-electron chi connectivity index (χ4n) is 2.51. The Morgan fingerprint density at radius 3 is 2.89 bits per heavy atom. The van der Waals surface area contributed by atoms with Crippen LogP contribution in [0.3, 0.4) is 0 Å². The minimum absolute atomic E-state index is 0.00698. The maximum Gasteiger partial charge on any atom is 0.0931 e. The number of hydrogen-bond donors (Lipinski definition) is 1. The van der Waals surface area contributed by atoms with Crippen molar-refractivity contribution in [3.05, 3.63) is 21.3 Å². The highest BCUT2D eigenvalue weighted by molar-refractivity contribution is 7.16. The second-order valence-corrected chi connectivity index (χ2v) is 6.98. The molecule has 2 heterocycles. The summed E-state index contributed by atoms with van der Waals surface area (Å²) in [6.07, 6.45) is 1.10. The third-order valence-electron chi connectivity index (χ3n) is 4.12. The molecule has 18 heavy (non-hydrogen) atoms. The Balaban J connectivity index is 2.06. The highest BCUT2D eigenvalue weighted by Crippen LogP contribution is 2.32. The first-order valence-electron chi connectivity index (χ1n) is 6.29. The van der Waals surface area contributed by atoms with Crippen molar-refractivity contribution in [2.45, 2.75) is 25.4 Å². The highest BCUT2D eigenvalue weighted by atomic mass is 35.5. The lowest BCUT2D eigenvalue weighted by Crippen LogP contribution is -2.54. The average molecular weight is 289 g/mol. The van der Waals surface area contributed by atoms with Crippen LogP contribution in [0.1, 0.15) is 18.2 Å². The summed E-state index contributed by atoms with van der Waals surface area (Å²) in [4.78, 5) is 3.62. The Hall–Kier alpha value is -0.130. The topological polar surface area (TPSA) is 38.5 Å². The molecule has 2 N–H and O–H groups in total. The lowest BCUT2D eigenvalue weighted by molar-refractivity contribution is 0.0617. The molecule has 0 spiro atoms. The van der Waals surface area contributed by atoms with E-state index in [2.05, 4.69) is 24.9 Å². The number of halogens is 1. The van der Waals surface area contributed by atoms with Gasteiger partial charge in [0.05, 0.1) is 10.9 Å². The molecule has 0 radical (unpaired) electrons. The second kappa shape index (κ2) is 5.88. The normalized spacial score (nSPS) is 23.5. The number of nitrogens with zero attached hydrogens (tertiary/aromatic N) is 1. The van der Waals surface area contributed by atoms with Crippen molar-refractivity contribution in [3.8, 4) is 0 Å². The van der Waals surface area contributed by atoms with Crippen LogP contribution in [0.15, 0.2) is 12.1 Å². The van der Waals surface area contributed by atoms with E-state index in [9.17, 15) is 0 Å². The standard InChI is InChI=1S/C13H21ClN2OS/c1-13(9-15,10-5-6-17-8-10)16(2)7-11-3-4-12(14)18-11/h3-4,10H,5-9,15H2,1-2H3. The van der Waals surface area contributed by atoms with E-state index in [0.29, 0.717) is 12.5 Å². The number of hydrogen-bond acceptors (Lipinski definition) is 4. The van der Waals surface area contributed by atoms with Gasteiger partial charge < -0.3 is 10.5 Å². The molecular formula is C13H21ClN2OS. The van der Waals surface area contributed by atoms with Gasteiger partial charge in [-0.2, -0.15) is 0 Å². The zero-order valence-corrected chi connectivity index (χ0v) is 12.6. The summed E-state index contributed by atoms with van der Waals surface area (Å²) in [5.41, 5.74) is 6.02. The molecule has 1 fully saturated rings. The van der Waals surface area contributed by atoms with E-state index in [1.54, 1.807) is 11.3 Å². The fourth-order valence-corrected chi connectivity index (χ4v) is 3.65. The molecule has 5 heteroatoms. The molecular weight excluding hydrogens is 268 g/mol. The van der Waals surface area contributed by atoms with Crippen molar-refractivity contribution in [3.63, 3.8) is 0 Å². The van der Waals surface area contributed by atoms with Crippen LogP contribution in [0.4, 0.5) is 0 Å². The van der Waals surface area contributed by atoms with Gasteiger partial charge in [0.2, 0.25) is 0 Å². The molecule has 2 rings (SSSR count). The highest BCUT2D eigenvalue weighted by Gasteiger charge is 2.38. The number of ether oxygens (including phenoxy) is 1. The minimum Gasteiger partial charge on any atom is -0.381 e. The van der Waals surface area contributed by atoms with E-state index < -0.39 is 0 Å². The maximum atomic E-state index is 6.03. The van der Waals surface area contributed by atoms with Crippen molar-refractivity contribution in [1.29, 1.82) is 0 Å². The molecule has 1 aromatic heterocycles. The Morgan fingerprint density at radius 2 is 2.39 bits per heavy atom. The molecule has 2 atom stereocenters. The summed E-state index contributed by atoms with van der Waals surface area (Å²) in [5.74, 6) is 0.517. The van der Waals surface area contributed by atoms with Crippen molar-refractivity contribution in [2.24, 2.45) is 11.7 Å². The van der Waals surface area contributed by atoms with Gasteiger partial charge in [-0.1, -0.05) is 11.6 Å². The SMILES string of the molecule is CN(Cc1ccc(Cl)s1)C(C)(CN)C1CCOC1. The molecule has 0 bridgehead atoms. The average Bonchev–Trinajstić information content (AvgIpc) is 2.99. The Bertz CT molecular complexity index is 392. The third-order valence-corrected chi connectivity index (χ3v) is 5.33. The van der Waals surface area contributed by atoms with E-state index in [4.69, 9.17) is 22.1 Å². The molecule has 0 aromatic carbocycles.